The third-order valence-electron chi connectivity index (χ3n) is 2.59. The first-order valence-corrected chi connectivity index (χ1v) is 6.11. The molecule has 18 heavy (non-hydrogen) atoms. The van der Waals surface area contributed by atoms with Crippen molar-refractivity contribution in [2.75, 3.05) is 0 Å². The number of nitrogens with zero attached hydrogens (tertiary/aromatic N) is 1. The fourth-order valence-corrected chi connectivity index (χ4v) is 1.70. The van der Waals surface area contributed by atoms with E-state index in [2.05, 4.69) is 15.5 Å². The highest BCUT2D eigenvalue weighted by Gasteiger charge is 2.11. The molecule has 1 atom stereocenters. The lowest BCUT2D eigenvalue weighted by atomic mass is 10.1. The molecule has 2 aromatic rings. The molecule has 0 spiro atoms. The minimum absolute atomic E-state index is 0.183. The molecule has 94 valence electrons. The second-order valence-electron chi connectivity index (χ2n) is 3.97. The Bertz CT molecular complexity index is 522. The van der Waals surface area contributed by atoms with Gasteiger partial charge < -0.3 is 5.32 Å². The second-order valence-corrected chi connectivity index (χ2v) is 4.62. The smallest absolute Gasteiger partial charge is 0.238 e. The third kappa shape index (κ3) is 2.90. The van der Waals surface area contributed by atoms with Crippen LogP contribution in [0.4, 0.5) is 0 Å². The van der Waals surface area contributed by atoms with E-state index in [9.17, 15) is 4.79 Å². The predicted octanol–water partition coefficient (Wildman–Crippen LogP) is 2.32. The van der Waals surface area contributed by atoms with E-state index in [1.165, 1.54) is 0 Å². The molecule has 5 heteroatoms. The molecule has 0 aliphatic carbocycles. The summed E-state index contributed by atoms with van der Waals surface area (Å²) in [6, 6.07) is 9.85. The summed E-state index contributed by atoms with van der Waals surface area (Å²) >= 11 is 5.69. The molecule has 0 bridgehead atoms. The molecule has 0 radical (unpaired) electrons. The lowest BCUT2D eigenvalue weighted by Crippen LogP contribution is -2.29. The average molecular weight is 264 g/mol. The fraction of sp³-hybridized carbons (Fsp3) is 0.231. The summed E-state index contributed by atoms with van der Waals surface area (Å²) < 4.78 is 0. The van der Waals surface area contributed by atoms with E-state index < -0.39 is 5.38 Å². The summed E-state index contributed by atoms with van der Waals surface area (Å²) in [7, 11) is 0. The molecular weight excluding hydrogens is 250 g/mol. The van der Waals surface area contributed by atoms with Gasteiger partial charge in [-0.2, -0.15) is 5.10 Å². The molecule has 0 fully saturated rings. The van der Waals surface area contributed by atoms with Crippen molar-refractivity contribution < 1.29 is 4.79 Å². The fourth-order valence-electron chi connectivity index (χ4n) is 1.62. The number of amides is 1. The highest BCUT2D eigenvalue weighted by molar-refractivity contribution is 6.30. The SMILES string of the molecule is CC(Cl)C(=O)NCc1cn[nH]c1-c1ccccc1. The van der Waals surface area contributed by atoms with Crippen molar-refractivity contribution >= 4 is 17.5 Å². The van der Waals surface area contributed by atoms with Crippen molar-refractivity contribution in [3.63, 3.8) is 0 Å². The van der Waals surface area contributed by atoms with E-state index in [4.69, 9.17) is 11.6 Å². The maximum absolute atomic E-state index is 11.4. The van der Waals surface area contributed by atoms with Crippen molar-refractivity contribution in [3.05, 3.63) is 42.1 Å². The highest BCUT2D eigenvalue weighted by atomic mass is 35.5. The Morgan fingerprint density at radius 1 is 1.44 bits per heavy atom. The number of carbonyl (C=O) groups is 1. The van der Waals surface area contributed by atoms with Gasteiger partial charge in [-0.05, 0) is 12.5 Å². The monoisotopic (exact) mass is 263 g/mol. The predicted molar refractivity (Wildman–Crippen MR) is 71.2 cm³/mol. The number of aromatic nitrogens is 2. The van der Waals surface area contributed by atoms with E-state index in [0.29, 0.717) is 6.54 Å². The van der Waals surface area contributed by atoms with Gasteiger partial charge in [-0.1, -0.05) is 30.3 Å². The van der Waals surface area contributed by atoms with Crippen molar-refractivity contribution in [2.24, 2.45) is 0 Å². The van der Waals surface area contributed by atoms with Crippen LogP contribution in [0.25, 0.3) is 11.3 Å². The van der Waals surface area contributed by atoms with Gasteiger partial charge in [-0.15, -0.1) is 11.6 Å². The first-order chi connectivity index (χ1) is 8.68. The van der Waals surface area contributed by atoms with Gasteiger partial charge in [0.1, 0.15) is 5.38 Å². The third-order valence-corrected chi connectivity index (χ3v) is 2.79. The van der Waals surface area contributed by atoms with Crippen molar-refractivity contribution in [1.29, 1.82) is 0 Å². The van der Waals surface area contributed by atoms with Gasteiger partial charge in [0.05, 0.1) is 11.9 Å². The zero-order chi connectivity index (χ0) is 13.0. The molecule has 2 N–H and O–H groups in total. The molecule has 2 rings (SSSR count). The van der Waals surface area contributed by atoms with Gasteiger partial charge in [0, 0.05) is 12.1 Å². The number of halogens is 1. The number of aromatic amines is 1. The number of hydrogen-bond donors (Lipinski definition) is 2. The lowest BCUT2D eigenvalue weighted by molar-refractivity contribution is -0.120. The Morgan fingerprint density at radius 3 is 2.83 bits per heavy atom. The molecule has 1 unspecified atom stereocenters. The first kappa shape index (κ1) is 12.6. The molecule has 4 nitrogen and oxygen atoms in total. The Balaban J connectivity index is 2.12. The van der Waals surface area contributed by atoms with Crippen LogP contribution in [0.2, 0.25) is 0 Å². The molecule has 0 saturated carbocycles. The van der Waals surface area contributed by atoms with Crippen LogP contribution in [-0.2, 0) is 11.3 Å². The van der Waals surface area contributed by atoms with E-state index in [0.717, 1.165) is 16.8 Å². The number of H-pyrrole nitrogens is 1. The highest BCUT2D eigenvalue weighted by Crippen LogP contribution is 2.20. The maximum Gasteiger partial charge on any atom is 0.238 e. The number of alkyl halides is 1. The van der Waals surface area contributed by atoms with Gasteiger partial charge >= 0.3 is 0 Å². The van der Waals surface area contributed by atoms with Crippen LogP contribution in [0.5, 0.6) is 0 Å². The van der Waals surface area contributed by atoms with Gasteiger partial charge in [-0.3, -0.25) is 9.89 Å². The molecule has 1 heterocycles. The normalized spacial score (nSPS) is 12.1. The van der Waals surface area contributed by atoms with E-state index in [1.54, 1.807) is 13.1 Å². The zero-order valence-electron chi connectivity index (χ0n) is 9.98. The summed E-state index contributed by atoms with van der Waals surface area (Å²) in [6.45, 7) is 2.06. The summed E-state index contributed by atoms with van der Waals surface area (Å²) in [5.41, 5.74) is 2.89. The minimum atomic E-state index is -0.530. The Labute approximate surface area is 110 Å². The summed E-state index contributed by atoms with van der Waals surface area (Å²) in [5, 5.41) is 9.19. The van der Waals surface area contributed by atoms with Gasteiger partial charge in [0.25, 0.3) is 0 Å². The minimum Gasteiger partial charge on any atom is -0.351 e. The Kier molecular flexibility index (Phi) is 3.99. The molecule has 1 amide bonds. The van der Waals surface area contributed by atoms with Crippen LogP contribution < -0.4 is 5.32 Å². The lowest BCUT2D eigenvalue weighted by Gasteiger charge is -2.07. The molecule has 0 aliphatic heterocycles. The maximum atomic E-state index is 11.4. The van der Waals surface area contributed by atoms with Gasteiger partial charge in [0.2, 0.25) is 5.91 Å². The number of carbonyl (C=O) groups excluding carboxylic acids is 1. The molecule has 0 saturated heterocycles. The number of nitrogens with one attached hydrogen (secondary N) is 2. The average Bonchev–Trinajstić information content (AvgIpc) is 2.85. The van der Waals surface area contributed by atoms with Crippen LogP contribution in [-0.4, -0.2) is 21.5 Å². The first-order valence-electron chi connectivity index (χ1n) is 5.68. The van der Waals surface area contributed by atoms with Crippen LogP contribution in [0.15, 0.2) is 36.5 Å². The standard InChI is InChI=1S/C13H14ClN3O/c1-9(14)13(18)15-7-11-8-16-17-12(11)10-5-3-2-4-6-10/h2-6,8-9H,7H2,1H3,(H,15,18)(H,16,17). The number of benzene rings is 1. The van der Waals surface area contributed by atoms with Crippen LogP contribution in [0, 0.1) is 0 Å². The number of rotatable bonds is 4. The largest absolute Gasteiger partial charge is 0.351 e. The van der Waals surface area contributed by atoms with Gasteiger partial charge in [-0.25, -0.2) is 0 Å². The second kappa shape index (κ2) is 5.69. The van der Waals surface area contributed by atoms with E-state index in [-0.39, 0.29) is 5.91 Å². The van der Waals surface area contributed by atoms with Crippen molar-refractivity contribution in [3.8, 4) is 11.3 Å². The summed E-state index contributed by atoms with van der Waals surface area (Å²) in [6.07, 6.45) is 1.71. The van der Waals surface area contributed by atoms with Crippen LogP contribution in [0.1, 0.15) is 12.5 Å². The summed E-state index contributed by atoms with van der Waals surface area (Å²) in [5.74, 6) is -0.183. The van der Waals surface area contributed by atoms with Crippen molar-refractivity contribution in [1.82, 2.24) is 15.5 Å². The van der Waals surface area contributed by atoms with Gasteiger partial charge in [0.15, 0.2) is 0 Å². The summed E-state index contributed by atoms with van der Waals surface area (Å²) in [4.78, 5) is 11.4. The molecule has 1 aromatic heterocycles. The van der Waals surface area contributed by atoms with Crippen LogP contribution in [0.3, 0.4) is 0 Å². The quantitative estimate of drug-likeness (QED) is 0.832. The van der Waals surface area contributed by atoms with Crippen molar-refractivity contribution in [2.45, 2.75) is 18.8 Å². The zero-order valence-corrected chi connectivity index (χ0v) is 10.7. The molecular formula is C13H14ClN3O. The molecule has 1 aromatic carbocycles. The van der Waals surface area contributed by atoms with E-state index in [1.807, 2.05) is 30.3 Å². The topological polar surface area (TPSA) is 57.8 Å². The number of hydrogen-bond acceptors (Lipinski definition) is 2. The van der Waals surface area contributed by atoms with E-state index >= 15 is 0 Å². The van der Waals surface area contributed by atoms with Crippen LogP contribution >= 0.6 is 11.6 Å². The Hall–Kier alpha value is -1.81. The molecule has 0 aliphatic rings. The Morgan fingerprint density at radius 2 is 2.17 bits per heavy atom.